The molecule has 0 unspecified atom stereocenters. The maximum Gasteiger partial charge on any atom is 0.348 e. The van der Waals surface area contributed by atoms with E-state index in [-0.39, 0.29) is 34.3 Å². The highest BCUT2D eigenvalue weighted by Crippen LogP contribution is 2.42. The van der Waals surface area contributed by atoms with Gasteiger partial charge in [-0.05, 0) is 82.9 Å². The number of hydrogen-bond donors (Lipinski definition) is 1. The van der Waals surface area contributed by atoms with Crippen LogP contribution in [0.1, 0.15) is 99.3 Å². The van der Waals surface area contributed by atoms with Crippen LogP contribution in [0.2, 0.25) is 0 Å². The van der Waals surface area contributed by atoms with Gasteiger partial charge >= 0.3 is 5.97 Å². The summed E-state index contributed by atoms with van der Waals surface area (Å²) in [5.41, 5.74) is 1.41. The van der Waals surface area contributed by atoms with Crippen molar-refractivity contribution < 1.29 is 19.4 Å². The Morgan fingerprint density at radius 1 is 1.08 bits per heavy atom. The predicted molar refractivity (Wildman–Crippen MR) is 155 cm³/mol. The van der Waals surface area contributed by atoms with Crippen LogP contribution in [-0.2, 0) is 16.8 Å². The average Bonchev–Trinajstić information content (AvgIpc) is 3.48. The molecule has 0 aromatic carbocycles. The molecule has 0 radical (unpaired) electrons. The van der Waals surface area contributed by atoms with Gasteiger partial charge in [0, 0.05) is 28.8 Å². The highest BCUT2D eigenvalue weighted by atomic mass is 32.1. The summed E-state index contributed by atoms with van der Waals surface area (Å²) in [6.07, 6.45) is 7.14. The highest BCUT2D eigenvalue weighted by Gasteiger charge is 2.38. The summed E-state index contributed by atoms with van der Waals surface area (Å²) in [6.45, 7) is 9.31. The summed E-state index contributed by atoms with van der Waals surface area (Å²) in [4.78, 5) is 36.3. The SMILES string of the molecule is CC1CCC(C(=O)N(c2cc(C(C)(C)C)sc2C(=O)O)C2CCC(Oc3nc(CN(C)C)cs3)CC2)CC1. The molecule has 4 rings (SSSR count). The molecule has 0 aliphatic heterocycles. The smallest absolute Gasteiger partial charge is 0.348 e. The van der Waals surface area contributed by atoms with Crippen molar-refractivity contribution in [1.82, 2.24) is 9.88 Å². The molecule has 2 fully saturated rings. The van der Waals surface area contributed by atoms with Gasteiger partial charge in [-0.3, -0.25) is 4.79 Å². The van der Waals surface area contributed by atoms with E-state index >= 15 is 0 Å². The molecule has 1 amide bonds. The van der Waals surface area contributed by atoms with E-state index in [4.69, 9.17) is 4.74 Å². The van der Waals surface area contributed by atoms with Gasteiger partial charge < -0.3 is 19.6 Å². The molecule has 9 heteroatoms. The lowest BCUT2D eigenvalue weighted by Gasteiger charge is -2.39. The molecule has 2 aromatic rings. The van der Waals surface area contributed by atoms with Gasteiger partial charge in [-0.2, -0.15) is 0 Å². The maximum atomic E-state index is 14.1. The van der Waals surface area contributed by atoms with Crippen molar-refractivity contribution in [3.63, 3.8) is 0 Å². The second-order valence-electron chi connectivity index (χ2n) is 12.4. The van der Waals surface area contributed by atoms with E-state index in [2.05, 4.69) is 37.6 Å². The number of nitrogens with zero attached hydrogens (tertiary/aromatic N) is 3. The van der Waals surface area contributed by atoms with Crippen LogP contribution in [0.5, 0.6) is 5.19 Å². The first kappa shape index (κ1) is 29.0. The van der Waals surface area contributed by atoms with Gasteiger partial charge in [-0.1, -0.05) is 39.0 Å². The molecule has 2 heterocycles. The van der Waals surface area contributed by atoms with E-state index in [1.165, 1.54) is 22.7 Å². The second kappa shape index (κ2) is 12.0. The number of ether oxygens (including phenoxy) is 1. The van der Waals surface area contributed by atoms with Crippen molar-refractivity contribution in [2.75, 3.05) is 19.0 Å². The molecule has 2 aliphatic carbocycles. The fraction of sp³-hybridized carbons (Fsp3) is 0.690. The Morgan fingerprint density at radius 3 is 2.32 bits per heavy atom. The largest absolute Gasteiger partial charge is 0.477 e. The number of hydrogen-bond acceptors (Lipinski definition) is 7. The number of amides is 1. The molecular weight excluding hydrogens is 518 g/mol. The second-order valence-corrected chi connectivity index (χ2v) is 14.3. The number of carbonyl (C=O) groups excluding carboxylic acids is 1. The number of carboxylic acid groups (broad SMARTS) is 1. The van der Waals surface area contributed by atoms with Gasteiger partial charge in [0.25, 0.3) is 5.19 Å². The zero-order valence-electron chi connectivity index (χ0n) is 23.7. The van der Waals surface area contributed by atoms with Crippen LogP contribution in [-0.4, -0.2) is 53.1 Å². The highest BCUT2D eigenvalue weighted by molar-refractivity contribution is 7.14. The maximum absolute atomic E-state index is 14.1. The van der Waals surface area contributed by atoms with Crippen molar-refractivity contribution in [2.45, 2.75) is 103 Å². The molecule has 38 heavy (non-hydrogen) atoms. The van der Waals surface area contributed by atoms with Gasteiger partial charge in [-0.15, -0.1) is 11.3 Å². The molecular formula is C29H43N3O4S2. The third-order valence-electron chi connectivity index (χ3n) is 7.79. The monoisotopic (exact) mass is 561 g/mol. The van der Waals surface area contributed by atoms with Crippen LogP contribution >= 0.6 is 22.7 Å². The van der Waals surface area contributed by atoms with E-state index in [0.717, 1.165) is 68.5 Å². The fourth-order valence-electron chi connectivity index (χ4n) is 5.59. The van der Waals surface area contributed by atoms with Gasteiger partial charge in [0.2, 0.25) is 5.91 Å². The van der Waals surface area contributed by atoms with Crippen LogP contribution in [0.25, 0.3) is 0 Å². The Labute approximate surface area is 235 Å². The number of aromatic nitrogens is 1. The summed E-state index contributed by atoms with van der Waals surface area (Å²) in [5, 5.41) is 12.9. The van der Waals surface area contributed by atoms with E-state index < -0.39 is 5.97 Å². The summed E-state index contributed by atoms with van der Waals surface area (Å²) in [6, 6.07) is 1.95. The number of thiophene rings is 1. The third kappa shape index (κ3) is 6.96. The van der Waals surface area contributed by atoms with Crippen LogP contribution in [0.3, 0.4) is 0 Å². The number of anilines is 1. The molecule has 7 nitrogen and oxygen atoms in total. The van der Waals surface area contributed by atoms with E-state index in [9.17, 15) is 14.7 Å². The molecule has 0 atom stereocenters. The first-order valence-electron chi connectivity index (χ1n) is 13.9. The van der Waals surface area contributed by atoms with E-state index in [1.54, 1.807) is 0 Å². The molecule has 0 saturated heterocycles. The summed E-state index contributed by atoms with van der Waals surface area (Å²) in [7, 11) is 4.05. The fourth-order valence-corrected chi connectivity index (χ4v) is 7.36. The Bertz CT molecular complexity index is 1100. The lowest BCUT2D eigenvalue weighted by molar-refractivity contribution is -0.124. The molecule has 0 spiro atoms. The van der Waals surface area contributed by atoms with Crippen LogP contribution in [0.15, 0.2) is 11.4 Å². The lowest BCUT2D eigenvalue weighted by atomic mass is 9.81. The van der Waals surface area contributed by atoms with E-state index in [1.807, 2.05) is 30.4 Å². The van der Waals surface area contributed by atoms with E-state index in [0.29, 0.717) is 16.8 Å². The van der Waals surface area contributed by atoms with Crippen molar-refractivity contribution in [3.05, 3.63) is 26.9 Å². The third-order valence-corrected chi connectivity index (χ3v) is 10.1. The summed E-state index contributed by atoms with van der Waals surface area (Å²) in [5.74, 6) is -0.238. The van der Waals surface area contributed by atoms with Crippen molar-refractivity contribution in [2.24, 2.45) is 11.8 Å². The first-order chi connectivity index (χ1) is 17.9. The molecule has 1 N–H and O–H groups in total. The van der Waals surface area contributed by atoms with Crippen LogP contribution < -0.4 is 9.64 Å². The minimum atomic E-state index is -0.954. The quantitative estimate of drug-likeness (QED) is 0.381. The molecule has 210 valence electrons. The Hall–Kier alpha value is -1.97. The lowest BCUT2D eigenvalue weighted by Crippen LogP contribution is -2.47. The predicted octanol–water partition coefficient (Wildman–Crippen LogP) is 6.81. The zero-order valence-corrected chi connectivity index (χ0v) is 25.3. The number of rotatable bonds is 8. The van der Waals surface area contributed by atoms with Gasteiger partial charge in [-0.25, -0.2) is 9.78 Å². The molecule has 2 aromatic heterocycles. The molecule has 0 bridgehead atoms. The summed E-state index contributed by atoms with van der Waals surface area (Å²) < 4.78 is 6.24. The topological polar surface area (TPSA) is 83.0 Å². The number of aromatic carboxylic acids is 1. The Morgan fingerprint density at radius 2 is 1.74 bits per heavy atom. The average molecular weight is 562 g/mol. The molecule has 2 aliphatic rings. The van der Waals surface area contributed by atoms with Gasteiger partial charge in [0.1, 0.15) is 11.0 Å². The normalized spacial score (nSPS) is 24.4. The standard InChI is InChI=1S/C29H43N3O4S2/c1-18-7-9-19(10-8-18)26(33)32(23-15-24(29(2,3)4)38-25(23)27(34)35)21-11-13-22(14-12-21)36-28-30-20(17-37-28)16-31(5)6/h15,17-19,21-22H,7-14,16H2,1-6H3,(H,34,35). The zero-order chi connectivity index (χ0) is 27.6. The Kier molecular flexibility index (Phi) is 9.20. The Balaban J connectivity index is 1.54. The van der Waals surface area contributed by atoms with Gasteiger partial charge in [0.15, 0.2) is 0 Å². The molecule has 2 saturated carbocycles. The van der Waals surface area contributed by atoms with Crippen molar-refractivity contribution >= 4 is 40.2 Å². The first-order valence-corrected chi connectivity index (χ1v) is 15.6. The van der Waals surface area contributed by atoms with Crippen molar-refractivity contribution in [3.8, 4) is 5.19 Å². The van der Waals surface area contributed by atoms with Gasteiger partial charge in [0.05, 0.1) is 11.4 Å². The van der Waals surface area contributed by atoms with Crippen molar-refractivity contribution in [1.29, 1.82) is 0 Å². The number of carboxylic acids is 1. The van der Waals surface area contributed by atoms with Crippen LogP contribution in [0, 0.1) is 11.8 Å². The number of carbonyl (C=O) groups is 2. The van der Waals surface area contributed by atoms with Crippen LogP contribution in [0.4, 0.5) is 5.69 Å². The minimum absolute atomic E-state index is 0.0252. The number of thiazole rings is 1. The summed E-state index contributed by atoms with van der Waals surface area (Å²) >= 11 is 2.85. The minimum Gasteiger partial charge on any atom is -0.477 e.